The van der Waals surface area contributed by atoms with E-state index in [-0.39, 0.29) is 5.91 Å². The molecule has 1 aliphatic heterocycles. The van der Waals surface area contributed by atoms with E-state index in [0.29, 0.717) is 11.1 Å². The van der Waals surface area contributed by atoms with Gasteiger partial charge in [0.25, 0.3) is 5.91 Å². The second-order valence-corrected chi connectivity index (χ2v) is 5.49. The van der Waals surface area contributed by atoms with E-state index in [4.69, 9.17) is 11.6 Å². The molecule has 1 aromatic carbocycles. The van der Waals surface area contributed by atoms with Gasteiger partial charge in [0.05, 0.1) is 0 Å². The lowest BCUT2D eigenvalue weighted by molar-refractivity contribution is 0.0721. The van der Waals surface area contributed by atoms with E-state index in [2.05, 4.69) is 4.90 Å². The molecule has 0 bridgehead atoms. The van der Waals surface area contributed by atoms with Crippen molar-refractivity contribution < 1.29 is 4.79 Å². The van der Waals surface area contributed by atoms with Crippen molar-refractivity contribution in [1.29, 1.82) is 0 Å². The van der Waals surface area contributed by atoms with Crippen molar-refractivity contribution >= 4 is 17.5 Å². The minimum Gasteiger partial charge on any atom is -0.335 e. The SMILES string of the molecule is O=C(c1cccc(Cl)c1)N1CCCC1C1CC1. The molecular formula is C14H16ClNO. The highest BCUT2D eigenvalue weighted by Crippen LogP contribution is 2.40. The van der Waals surface area contributed by atoms with Crippen LogP contribution in [0.3, 0.4) is 0 Å². The maximum Gasteiger partial charge on any atom is 0.254 e. The van der Waals surface area contributed by atoms with Gasteiger partial charge in [-0.2, -0.15) is 0 Å². The summed E-state index contributed by atoms with van der Waals surface area (Å²) in [6.45, 7) is 0.909. The maximum atomic E-state index is 12.4. The fourth-order valence-corrected chi connectivity index (χ4v) is 2.99. The number of amides is 1. The summed E-state index contributed by atoms with van der Waals surface area (Å²) in [4.78, 5) is 14.5. The Morgan fingerprint density at radius 2 is 2.12 bits per heavy atom. The molecule has 1 unspecified atom stereocenters. The Labute approximate surface area is 107 Å². The highest BCUT2D eigenvalue weighted by Gasteiger charge is 2.40. The number of halogens is 1. The van der Waals surface area contributed by atoms with Crippen LogP contribution in [0.25, 0.3) is 0 Å². The summed E-state index contributed by atoms with van der Waals surface area (Å²) in [6.07, 6.45) is 4.92. The van der Waals surface area contributed by atoms with Crippen LogP contribution in [0.2, 0.25) is 5.02 Å². The van der Waals surface area contributed by atoms with Crippen LogP contribution in [0.15, 0.2) is 24.3 Å². The Hall–Kier alpha value is -1.02. The third-order valence-electron chi connectivity index (χ3n) is 3.80. The van der Waals surface area contributed by atoms with E-state index in [1.54, 1.807) is 12.1 Å². The molecule has 3 heteroatoms. The van der Waals surface area contributed by atoms with E-state index in [1.165, 1.54) is 19.3 Å². The summed E-state index contributed by atoms with van der Waals surface area (Å²) in [6, 6.07) is 7.77. The molecule has 1 atom stereocenters. The molecule has 1 aliphatic carbocycles. The van der Waals surface area contributed by atoms with Crippen molar-refractivity contribution in [2.45, 2.75) is 31.7 Å². The van der Waals surface area contributed by atoms with Crippen molar-refractivity contribution in [2.24, 2.45) is 5.92 Å². The molecule has 1 heterocycles. The lowest BCUT2D eigenvalue weighted by Crippen LogP contribution is -2.36. The van der Waals surface area contributed by atoms with E-state index in [9.17, 15) is 4.79 Å². The summed E-state index contributed by atoms with van der Waals surface area (Å²) in [7, 11) is 0. The zero-order valence-corrected chi connectivity index (χ0v) is 10.5. The Morgan fingerprint density at radius 3 is 2.82 bits per heavy atom. The minimum atomic E-state index is 0.155. The molecule has 0 N–H and O–H groups in total. The van der Waals surface area contributed by atoms with Crippen LogP contribution in [0.1, 0.15) is 36.0 Å². The third kappa shape index (κ3) is 2.19. The number of benzene rings is 1. The zero-order chi connectivity index (χ0) is 11.8. The fourth-order valence-electron chi connectivity index (χ4n) is 2.80. The first-order valence-corrected chi connectivity index (χ1v) is 6.70. The Morgan fingerprint density at radius 1 is 1.29 bits per heavy atom. The molecule has 0 aromatic heterocycles. The van der Waals surface area contributed by atoms with Gasteiger partial charge in [-0.05, 0) is 49.8 Å². The number of likely N-dealkylation sites (tertiary alicyclic amines) is 1. The molecule has 2 aliphatic rings. The number of nitrogens with zero attached hydrogens (tertiary/aromatic N) is 1. The molecule has 90 valence electrons. The minimum absolute atomic E-state index is 0.155. The molecular weight excluding hydrogens is 234 g/mol. The van der Waals surface area contributed by atoms with E-state index in [1.807, 2.05) is 12.1 Å². The summed E-state index contributed by atoms with van der Waals surface area (Å²) in [5, 5.41) is 0.637. The van der Waals surface area contributed by atoms with Crippen LogP contribution >= 0.6 is 11.6 Å². The number of carbonyl (C=O) groups excluding carboxylic acids is 1. The lowest BCUT2D eigenvalue weighted by atomic mass is 10.1. The van der Waals surface area contributed by atoms with Gasteiger partial charge in [0, 0.05) is 23.2 Å². The standard InChI is InChI=1S/C14H16ClNO/c15-12-4-1-3-11(9-12)14(17)16-8-2-5-13(16)10-6-7-10/h1,3-4,9-10,13H,2,5-8H2. The molecule has 1 aromatic rings. The number of carbonyl (C=O) groups is 1. The molecule has 1 saturated heterocycles. The van der Waals surface area contributed by atoms with Crippen LogP contribution in [0.4, 0.5) is 0 Å². The van der Waals surface area contributed by atoms with Gasteiger partial charge in [-0.25, -0.2) is 0 Å². The van der Waals surface area contributed by atoms with Crippen molar-refractivity contribution in [2.75, 3.05) is 6.54 Å². The highest BCUT2D eigenvalue weighted by molar-refractivity contribution is 6.30. The number of rotatable bonds is 2. The lowest BCUT2D eigenvalue weighted by Gasteiger charge is -2.24. The summed E-state index contributed by atoms with van der Waals surface area (Å²) in [5.74, 6) is 0.919. The second kappa shape index (κ2) is 4.34. The van der Waals surface area contributed by atoms with E-state index >= 15 is 0 Å². The predicted molar refractivity (Wildman–Crippen MR) is 68.2 cm³/mol. The van der Waals surface area contributed by atoms with Gasteiger partial charge in [0.1, 0.15) is 0 Å². The van der Waals surface area contributed by atoms with Gasteiger partial charge in [-0.3, -0.25) is 4.79 Å². The fraction of sp³-hybridized carbons (Fsp3) is 0.500. The predicted octanol–water partition coefficient (Wildman–Crippen LogP) is 3.35. The average molecular weight is 250 g/mol. The molecule has 1 saturated carbocycles. The van der Waals surface area contributed by atoms with Gasteiger partial charge in [-0.1, -0.05) is 17.7 Å². The molecule has 2 fully saturated rings. The van der Waals surface area contributed by atoms with Crippen molar-refractivity contribution in [3.05, 3.63) is 34.9 Å². The first-order chi connectivity index (χ1) is 8.25. The molecule has 3 rings (SSSR count). The summed E-state index contributed by atoms with van der Waals surface area (Å²) >= 11 is 5.94. The quantitative estimate of drug-likeness (QED) is 0.787. The summed E-state index contributed by atoms with van der Waals surface area (Å²) in [5.41, 5.74) is 0.727. The van der Waals surface area contributed by atoms with Gasteiger partial charge in [0.2, 0.25) is 0 Å². The Kier molecular flexibility index (Phi) is 2.83. The monoisotopic (exact) mass is 249 g/mol. The van der Waals surface area contributed by atoms with Crippen LogP contribution in [-0.2, 0) is 0 Å². The largest absolute Gasteiger partial charge is 0.335 e. The first-order valence-electron chi connectivity index (χ1n) is 6.32. The first kappa shape index (κ1) is 11.1. The highest BCUT2D eigenvalue weighted by atomic mass is 35.5. The van der Waals surface area contributed by atoms with E-state index < -0.39 is 0 Å². The number of hydrogen-bond donors (Lipinski definition) is 0. The van der Waals surface area contributed by atoms with Crippen LogP contribution in [0, 0.1) is 5.92 Å². The average Bonchev–Trinajstić information content (AvgIpc) is 3.06. The van der Waals surface area contributed by atoms with Crippen LogP contribution < -0.4 is 0 Å². The number of hydrogen-bond acceptors (Lipinski definition) is 1. The van der Waals surface area contributed by atoms with Gasteiger partial charge in [0.15, 0.2) is 0 Å². The van der Waals surface area contributed by atoms with Crippen molar-refractivity contribution in [1.82, 2.24) is 4.90 Å². The third-order valence-corrected chi connectivity index (χ3v) is 4.03. The molecule has 2 nitrogen and oxygen atoms in total. The second-order valence-electron chi connectivity index (χ2n) is 5.06. The van der Waals surface area contributed by atoms with Crippen molar-refractivity contribution in [3.63, 3.8) is 0 Å². The topological polar surface area (TPSA) is 20.3 Å². The van der Waals surface area contributed by atoms with Crippen LogP contribution in [-0.4, -0.2) is 23.4 Å². The molecule has 0 spiro atoms. The summed E-state index contributed by atoms with van der Waals surface area (Å²) < 4.78 is 0. The molecule has 17 heavy (non-hydrogen) atoms. The van der Waals surface area contributed by atoms with Gasteiger partial charge >= 0.3 is 0 Å². The molecule has 1 amide bonds. The Bertz CT molecular complexity index is 442. The molecule has 0 radical (unpaired) electrons. The van der Waals surface area contributed by atoms with E-state index in [0.717, 1.165) is 24.4 Å². The zero-order valence-electron chi connectivity index (χ0n) is 9.73. The smallest absolute Gasteiger partial charge is 0.254 e. The van der Waals surface area contributed by atoms with Crippen LogP contribution in [0.5, 0.6) is 0 Å². The van der Waals surface area contributed by atoms with Gasteiger partial charge < -0.3 is 4.90 Å². The van der Waals surface area contributed by atoms with Crippen molar-refractivity contribution in [3.8, 4) is 0 Å². The maximum absolute atomic E-state index is 12.4. The Balaban J connectivity index is 1.81. The van der Waals surface area contributed by atoms with Gasteiger partial charge in [-0.15, -0.1) is 0 Å². The normalized spacial score (nSPS) is 24.1.